The van der Waals surface area contributed by atoms with Crippen LogP contribution in [0.4, 0.5) is 11.4 Å². The van der Waals surface area contributed by atoms with E-state index in [4.69, 9.17) is 9.47 Å². The minimum absolute atomic E-state index is 0.107. The second-order valence-corrected chi connectivity index (χ2v) is 9.58. The van der Waals surface area contributed by atoms with Gasteiger partial charge in [-0.3, -0.25) is 9.52 Å². The quantitative estimate of drug-likeness (QED) is 0.444. The van der Waals surface area contributed by atoms with Gasteiger partial charge in [-0.1, -0.05) is 17.7 Å². The highest BCUT2D eigenvalue weighted by molar-refractivity contribution is 8.00. The Morgan fingerprint density at radius 1 is 0.875 bits per heavy atom. The maximum atomic E-state index is 12.6. The van der Waals surface area contributed by atoms with Gasteiger partial charge in [-0.15, -0.1) is 11.8 Å². The van der Waals surface area contributed by atoms with Gasteiger partial charge < -0.3 is 14.8 Å². The molecule has 0 aliphatic rings. The van der Waals surface area contributed by atoms with Crippen LogP contribution in [0, 0.1) is 6.92 Å². The second kappa shape index (κ2) is 10.4. The van der Waals surface area contributed by atoms with E-state index in [1.807, 2.05) is 25.1 Å². The predicted octanol–water partition coefficient (Wildman–Crippen LogP) is 4.54. The van der Waals surface area contributed by atoms with Crippen LogP contribution in [0.25, 0.3) is 0 Å². The molecule has 0 aliphatic heterocycles. The van der Waals surface area contributed by atoms with E-state index in [2.05, 4.69) is 10.0 Å². The molecule has 0 aliphatic carbocycles. The van der Waals surface area contributed by atoms with E-state index in [-0.39, 0.29) is 16.6 Å². The Balaban J connectivity index is 1.58. The molecule has 0 radical (unpaired) electrons. The molecule has 0 aromatic heterocycles. The van der Waals surface area contributed by atoms with Crippen LogP contribution in [0.2, 0.25) is 0 Å². The van der Waals surface area contributed by atoms with Crippen LogP contribution >= 0.6 is 11.8 Å². The highest BCUT2D eigenvalue weighted by Gasteiger charge is 2.14. The van der Waals surface area contributed by atoms with E-state index in [0.29, 0.717) is 22.9 Å². The average Bonchev–Trinajstić information content (AvgIpc) is 2.79. The molecule has 0 unspecified atom stereocenters. The standard InChI is InChI=1S/C23H24N2O5S2/c1-16-4-6-18(7-5-16)25-32(27,28)20-11-8-17(9-12-20)24-23(26)15-31-19-10-13-21(29-2)22(14-19)30-3/h4-14,25H,15H2,1-3H3,(H,24,26). The zero-order valence-electron chi connectivity index (χ0n) is 17.9. The molecule has 0 bridgehead atoms. The molecule has 0 atom stereocenters. The summed E-state index contributed by atoms with van der Waals surface area (Å²) in [5, 5.41) is 2.77. The first-order valence-electron chi connectivity index (χ1n) is 9.65. The van der Waals surface area contributed by atoms with E-state index in [1.54, 1.807) is 50.6 Å². The van der Waals surface area contributed by atoms with Crippen molar-refractivity contribution in [1.29, 1.82) is 0 Å². The summed E-state index contributed by atoms with van der Waals surface area (Å²) in [6.45, 7) is 1.93. The normalized spacial score (nSPS) is 11.0. The zero-order chi connectivity index (χ0) is 23.1. The van der Waals surface area contributed by atoms with E-state index < -0.39 is 10.0 Å². The number of methoxy groups -OCH3 is 2. The molecule has 0 saturated carbocycles. The van der Waals surface area contributed by atoms with E-state index in [0.717, 1.165) is 10.5 Å². The van der Waals surface area contributed by atoms with Crippen molar-refractivity contribution >= 4 is 39.1 Å². The smallest absolute Gasteiger partial charge is 0.261 e. The molecule has 0 saturated heterocycles. The fourth-order valence-electron chi connectivity index (χ4n) is 2.81. The number of sulfonamides is 1. The van der Waals surface area contributed by atoms with Crippen molar-refractivity contribution in [3.8, 4) is 11.5 Å². The monoisotopic (exact) mass is 472 g/mol. The molecule has 1 amide bonds. The number of anilines is 2. The Kier molecular flexibility index (Phi) is 7.66. The Morgan fingerprint density at radius 2 is 1.50 bits per heavy atom. The second-order valence-electron chi connectivity index (χ2n) is 6.85. The number of benzene rings is 3. The number of ether oxygens (including phenoxy) is 2. The van der Waals surface area contributed by atoms with Gasteiger partial charge in [-0.05, 0) is 61.5 Å². The van der Waals surface area contributed by atoms with Gasteiger partial charge in [-0.2, -0.15) is 0 Å². The minimum Gasteiger partial charge on any atom is -0.493 e. The molecular formula is C23H24N2O5S2. The van der Waals surface area contributed by atoms with E-state index in [9.17, 15) is 13.2 Å². The molecule has 0 spiro atoms. The number of carbonyl (C=O) groups excluding carboxylic acids is 1. The molecule has 32 heavy (non-hydrogen) atoms. The summed E-state index contributed by atoms with van der Waals surface area (Å²) < 4.78 is 38.1. The van der Waals surface area contributed by atoms with Crippen LogP contribution in [0.15, 0.2) is 76.5 Å². The Morgan fingerprint density at radius 3 is 2.12 bits per heavy atom. The Labute approximate surface area is 192 Å². The molecule has 3 rings (SSSR count). The van der Waals surface area contributed by atoms with Crippen molar-refractivity contribution in [2.45, 2.75) is 16.7 Å². The van der Waals surface area contributed by atoms with Gasteiger partial charge >= 0.3 is 0 Å². The number of carbonyl (C=O) groups is 1. The third-order valence-corrected chi connectivity index (χ3v) is 6.87. The van der Waals surface area contributed by atoms with Gasteiger partial charge in [0, 0.05) is 16.3 Å². The van der Waals surface area contributed by atoms with Crippen molar-refractivity contribution in [3.05, 3.63) is 72.3 Å². The van der Waals surface area contributed by atoms with Gasteiger partial charge in [0.1, 0.15) is 0 Å². The first-order valence-corrected chi connectivity index (χ1v) is 12.1. The first-order chi connectivity index (χ1) is 15.3. The minimum atomic E-state index is -3.72. The highest BCUT2D eigenvalue weighted by Crippen LogP contribution is 2.31. The fourth-order valence-corrected chi connectivity index (χ4v) is 4.59. The van der Waals surface area contributed by atoms with Crippen LogP contribution in [0.5, 0.6) is 11.5 Å². The number of rotatable bonds is 9. The van der Waals surface area contributed by atoms with Gasteiger partial charge in [0.2, 0.25) is 5.91 Å². The topological polar surface area (TPSA) is 93.7 Å². The van der Waals surface area contributed by atoms with Gasteiger partial charge in [0.25, 0.3) is 10.0 Å². The zero-order valence-corrected chi connectivity index (χ0v) is 19.5. The Hall–Kier alpha value is -3.17. The van der Waals surface area contributed by atoms with Crippen molar-refractivity contribution in [3.63, 3.8) is 0 Å². The lowest BCUT2D eigenvalue weighted by Crippen LogP contribution is -2.15. The number of thioether (sulfide) groups is 1. The summed E-state index contributed by atoms with van der Waals surface area (Å²) in [5.41, 5.74) is 2.04. The average molecular weight is 473 g/mol. The van der Waals surface area contributed by atoms with Crippen LogP contribution in [-0.2, 0) is 14.8 Å². The van der Waals surface area contributed by atoms with Crippen molar-refractivity contribution in [1.82, 2.24) is 0 Å². The molecule has 3 aromatic carbocycles. The molecule has 3 aromatic rings. The summed E-state index contributed by atoms with van der Waals surface area (Å²) >= 11 is 1.35. The molecule has 168 valence electrons. The summed E-state index contributed by atoms with van der Waals surface area (Å²) in [4.78, 5) is 13.3. The number of hydrogen-bond acceptors (Lipinski definition) is 6. The van der Waals surface area contributed by atoms with Crippen LogP contribution in [0.1, 0.15) is 5.56 Å². The summed E-state index contributed by atoms with van der Waals surface area (Å²) in [7, 11) is -0.602. The van der Waals surface area contributed by atoms with Gasteiger partial charge in [0.05, 0.1) is 24.9 Å². The summed E-state index contributed by atoms with van der Waals surface area (Å²) in [6, 6.07) is 18.5. The number of aryl methyl sites for hydroxylation is 1. The predicted molar refractivity (Wildman–Crippen MR) is 127 cm³/mol. The van der Waals surface area contributed by atoms with Crippen LogP contribution in [0.3, 0.4) is 0 Å². The first kappa shape index (κ1) is 23.5. The molecule has 9 heteroatoms. The summed E-state index contributed by atoms with van der Waals surface area (Å²) in [5.74, 6) is 1.19. The number of amides is 1. The Bertz CT molecular complexity index is 1180. The van der Waals surface area contributed by atoms with Gasteiger partial charge in [-0.25, -0.2) is 8.42 Å². The van der Waals surface area contributed by atoms with E-state index >= 15 is 0 Å². The fraction of sp³-hybridized carbons (Fsp3) is 0.174. The third kappa shape index (κ3) is 6.18. The number of hydrogen-bond donors (Lipinski definition) is 2. The van der Waals surface area contributed by atoms with Crippen molar-refractivity contribution < 1.29 is 22.7 Å². The molecule has 0 heterocycles. The lowest BCUT2D eigenvalue weighted by molar-refractivity contribution is -0.113. The third-order valence-electron chi connectivity index (χ3n) is 4.48. The number of nitrogens with one attached hydrogen (secondary N) is 2. The molecule has 0 fully saturated rings. The largest absolute Gasteiger partial charge is 0.493 e. The molecule has 2 N–H and O–H groups in total. The molecular weight excluding hydrogens is 448 g/mol. The van der Waals surface area contributed by atoms with Crippen LogP contribution in [-0.4, -0.2) is 34.3 Å². The lowest BCUT2D eigenvalue weighted by Gasteiger charge is -2.10. The SMILES string of the molecule is COc1ccc(SCC(=O)Nc2ccc(S(=O)(=O)Nc3ccc(C)cc3)cc2)cc1OC. The highest BCUT2D eigenvalue weighted by atomic mass is 32.2. The lowest BCUT2D eigenvalue weighted by atomic mass is 10.2. The van der Waals surface area contributed by atoms with Crippen molar-refractivity contribution in [2.24, 2.45) is 0 Å². The summed E-state index contributed by atoms with van der Waals surface area (Å²) in [6.07, 6.45) is 0. The molecule has 7 nitrogen and oxygen atoms in total. The van der Waals surface area contributed by atoms with Crippen molar-refractivity contribution in [2.75, 3.05) is 30.0 Å². The van der Waals surface area contributed by atoms with Crippen LogP contribution < -0.4 is 19.5 Å². The van der Waals surface area contributed by atoms with Gasteiger partial charge in [0.15, 0.2) is 11.5 Å². The maximum absolute atomic E-state index is 12.6. The van der Waals surface area contributed by atoms with E-state index in [1.165, 1.54) is 23.9 Å². The maximum Gasteiger partial charge on any atom is 0.261 e.